The number of aliphatic hydroxyl groups is 5. The number of aromatic hydroxyl groups is 3. The van der Waals surface area contributed by atoms with Crippen LogP contribution in [0.15, 0.2) is 78.9 Å². The molecule has 111 heavy (non-hydrogen) atoms. The van der Waals surface area contributed by atoms with Gasteiger partial charge in [0, 0.05) is 36.3 Å². The molecule has 6 heterocycles. The molecule has 0 aromatic heterocycles. The third-order valence-corrected chi connectivity index (χ3v) is 22.3. The average molecular weight is 1560 g/mol. The molecule has 33 heteroatoms. The Morgan fingerprint density at radius 3 is 1.95 bits per heavy atom. The van der Waals surface area contributed by atoms with Gasteiger partial charge in [0.15, 0.2) is 11.5 Å². The van der Waals surface area contributed by atoms with E-state index in [9.17, 15) is 55.2 Å². The van der Waals surface area contributed by atoms with Gasteiger partial charge in [0.1, 0.15) is 102 Å². The second kappa shape index (κ2) is 34.4. The average Bonchev–Trinajstić information content (AvgIpc) is 0.765. The molecule has 4 saturated carbocycles. The SMILES string of the molecule is CCCCCCCNC(=O)NC(=O)C[C@@H]1NC(=O)[C@H](NC(=O)[C@@H](CC(C)C)NC)[C@H](O)c2ccc(c(C)c2)Oc2cc3cc(c2O[C@@H]2O[C@H](CN)[C@@H](O)[C@H](O)[C@H]2O)Oc2ccc(cc2Cl)[C@@H](O)[C@@H]2NC(=O)[C@H](NC(=O)C3NC1=O)c1ccc(O)c(c1)-c1c(O)cc(O)cc1[C@@H](C(=O)NC1C3CC4CC(C3)CC1C4)NC2=O. The van der Waals surface area contributed by atoms with Gasteiger partial charge in [0.05, 0.1) is 17.5 Å². The molecule has 596 valence electrons. The predicted octanol–water partition coefficient (Wildman–Crippen LogP) is 3.66. The maximum absolute atomic E-state index is 16.4. The van der Waals surface area contributed by atoms with Crippen LogP contribution in [0.3, 0.4) is 0 Å². The summed E-state index contributed by atoms with van der Waals surface area (Å²) in [5.74, 6) is -12.3. The second-order valence-corrected chi connectivity index (χ2v) is 30.9. The van der Waals surface area contributed by atoms with Crippen molar-refractivity contribution in [2.75, 3.05) is 20.1 Å². The molecule has 32 nitrogen and oxygen atoms in total. The molecule has 5 aromatic rings. The molecule has 6 aliphatic heterocycles. The number of hydrogen-bond donors (Lipinski definition) is 19. The Labute approximate surface area is 644 Å². The summed E-state index contributed by atoms with van der Waals surface area (Å²) < 4.78 is 25.8. The molecule has 0 radical (unpaired) electrons. The van der Waals surface area contributed by atoms with Crippen LogP contribution < -0.4 is 73.1 Å². The van der Waals surface area contributed by atoms with Gasteiger partial charge in [-0.3, -0.25) is 43.7 Å². The number of aliphatic hydroxyl groups excluding tert-OH is 5. The van der Waals surface area contributed by atoms with E-state index in [0.717, 1.165) is 100 Å². The van der Waals surface area contributed by atoms with Gasteiger partial charge in [-0.2, -0.15) is 0 Å². The Bertz CT molecular complexity index is 4370. The summed E-state index contributed by atoms with van der Waals surface area (Å²) >= 11 is 7.17. The molecule has 5 fully saturated rings. The Hall–Kier alpha value is -9.90. The van der Waals surface area contributed by atoms with Gasteiger partial charge in [0.25, 0.3) is 0 Å². The number of halogens is 1. The number of carbonyl (C=O) groups excluding carboxylic acids is 9. The van der Waals surface area contributed by atoms with Crippen molar-refractivity contribution in [3.05, 3.63) is 117 Å². The smallest absolute Gasteiger partial charge is 0.321 e. The van der Waals surface area contributed by atoms with Crippen molar-refractivity contribution in [3.8, 4) is 57.1 Å². The van der Waals surface area contributed by atoms with Crippen molar-refractivity contribution in [1.82, 2.24) is 53.2 Å². The Morgan fingerprint density at radius 2 is 1.29 bits per heavy atom. The van der Waals surface area contributed by atoms with E-state index < -0.39 is 192 Å². The van der Waals surface area contributed by atoms with Crippen LogP contribution in [-0.4, -0.2) is 175 Å². The molecule has 14 atom stereocenters. The number of amides is 10. The first-order chi connectivity index (χ1) is 53.0. The number of fused-ring (bicyclic) bond motifs is 15. The lowest BCUT2D eigenvalue weighted by molar-refractivity contribution is -0.270. The third-order valence-electron chi connectivity index (χ3n) is 22.0. The van der Waals surface area contributed by atoms with E-state index in [1.54, 1.807) is 0 Å². The zero-order chi connectivity index (χ0) is 79.5. The van der Waals surface area contributed by atoms with Gasteiger partial charge < -0.3 is 113 Å². The minimum absolute atomic E-state index is 0.0216. The highest BCUT2D eigenvalue weighted by atomic mass is 35.5. The number of aryl methyl sites for hydroxylation is 1. The van der Waals surface area contributed by atoms with Gasteiger partial charge in [-0.05, 0) is 176 Å². The number of urea groups is 1. The largest absolute Gasteiger partial charge is 0.508 e. The molecule has 1 saturated heterocycles. The standard InChI is InChI=1S/C78H96ClN11O21/c1-6-7-8-9-10-17-82-78(107)84-56(94)31-48-71(101)86-60-42-27-53(108-51-15-12-38(19-34(51)4)64(95)62(75(105)83-48)89-70(100)47(81-5)18-33(2)3)69(111-77-68(99)67(98)66(97)55(32-80)110-77)54(28-42)109-52-16-13-39(26-46(52)79)65(96)63-76(106)88-61(74(104)85-58-40-21-35-20-36(23-40)24-41(58)22-35)45-29-43(91)30-50(93)57(45)44-25-37(11-14-49(44)92)59(72(102)90-63)87-73(60)103/h11-16,19,25-30,33,35-36,40-41,47-48,55,58-68,77,81,91-93,95-99H,6-10,17-18,20-24,31-32,80H2,1-5H3,(H,83,105)(H,85,104)(H,86,101)(H,87,103)(H,88,106)(H,89,100)(H,90,102)(H2,82,84,94,107)/t35?,36?,40?,41?,47-,48+,55-,58?,59-,60?,61+,62-,63+,64-,65-,66-,67+,68-,77+/m1/s1. The van der Waals surface area contributed by atoms with Crippen molar-refractivity contribution < 1.29 is 103 Å². The minimum atomic E-state index is -2.31. The molecular formula is C78H96ClN11O21. The van der Waals surface area contributed by atoms with Gasteiger partial charge in [0.2, 0.25) is 59.3 Å². The Kier molecular flexibility index (Phi) is 25.0. The van der Waals surface area contributed by atoms with Gasteiger partial charge in [-0.15, -0.1) is 0 Å². The Balaban J connectivity index is 1.05. The van der Waals surface area contributed by atoms with Crippen molar-refractivity contribution in [2.24, 2.45) is 35.3 Å². The van der Waals surface area contributed by atoms with Crippen molar-refractivity contribution in [2.45, 2.75) is 196 Å². The van der Waals surface area contributed by atoms with Crippen LogP contribution in [0.4, 0.5) is 4.79 Å². The number of phenols is 3. The van der Waals surface area contributed by atoms with E-state index in [1.807, 2.05) is 20.8 Å². The number of benzene rings is 5. The Morgan fingerprint density at radius 1 is 0.649 bits per heavy atom. The lowest BCUT2D eigenvalue weighted by Gasteiger charge is -2.54. The van der Waals surface area contributed by atoms with E-state index in [2.05, 4.69) is 53.2 Å². The molecule has 4 aliphatic carbocycles. The van der Waals surface area contributed by atoms with Crippen LogP contribution >= 0.6 is 11.6 Å². The van der Waals surface area contributed by atoms with Crippen molar-refractivity contribution in [3.63, 3.8) is 0 Å². The zero-order valence-electron chi connectivity index (χ0n) is 61.8. The summed E-state index contributed by atoms with van der Waals surface area (Å²) in [5, 5.41) is 121. The summed E-state index contributed by atoms with van der Waals surface area (Å²) in [5.41, 5.74) is 4.37. The van der Waals surface area contributed by atoms with Gasteiger partial charge in [-0.1, -0.05) is 76.3 Å². The number of unbranched alkanes of at least 4 members (excludes halogenated alkanes) is 4. The fourth-order valence-corrected chi connectivity index (χ4v) is 16.7. The van der Waals surface area contributed by atoms with E-state index in [-0.39, 0.29) is 92.2 Å². The molecule has 1 unspecified atom stereocenters. The quantitative estimate of drug-likeness (QED) is 0.0557. The molecule has 20 N–H and O–H groups in total. The fourth-order valence-electron chi connectivity index (χ4n) is 16.5. The zero-order valence-corrected chi connectivity index (χ0v) is 62.5. The maximum Gasteiger partial charge on any atom is 0.321 e. The van der Waals surface area contributed by atoms with Gasteiger partial charge >= 0.3 is 6.03 Å². The van der Waals surface area contributed by atoms with Crippen LogP contribution in [0, 0.1) is 36.5 Å². The number of likely N-dealkylation sites (N-methyl/N-ethyl adjacent to an activating group) is 1. The number of rotatable bonds is 18. The molecule has 15 bridgehead atoms. The number of ether oxygens (including phenoxy) is 4. The first-order valence-electron chi connectivity index (χ1n) is 37.6. The lowest BCUT2D eigenvalue weighted by Crippen LogP contribution is -2.60. The number of carbonyl (C=O) groups is 9. The summed E-state index contributed by atoms with van der Waals surface area (Å²) in [6.45, 7) is 6.95. The van der Waals surface area contributed by atoms with E-state index in [1.165, 1.54) is 50.4 Å². The number of hydrogen-bond acceptors (Lipinski definition) is 23. The number of nitrogens with one attached hydrogen (secondary N) is 10. The van der Waals surface area contributed by atoms with Crippen LogP contribution in [-0.2, 0) is 43.1 Å². The molecule has 10 amide bonds. The highest BCUT2D eigenvalue weighted by Crippen LogP contribution is 2.55. The molecular weight excluding hydrogens is 1460 g/mol. The normalized spacial score (nSPS) is 28.5. The predicted molar refractivity (Wildman–Crippen MR) is 397 cm³/mol. The maximum atomic E-state index is 16.4. The highest BCUT2D eigenvalue weighted by Gasteiger charge is 2.51. The monoisotopic (exact) mass is 1560 g/mol. The summed E-state index contributed by atoms with van der Waals surface area (Å²) in [6, 6.07) is 0.258. The van der Waals surface area contributed by atoms with Gasteiger partial charge in [-0.25, -0.2) is 4.79 Å². The second-order valence-electron chi connectivity index (χ2n) is 30.4. The molecule has 5 aromatic carbocycles. The minimum Gasteiger partial charge on any atom is -0.508 e. The first-order valence-corrected chi connectivity index (χ1v) is 38.0. The van der Waals surface area contributed by atoms with E-state index >= 15 is 28.8 Å². The van der Waals surface area contributed by atoms with Crippen molar-refractivity contribution >= 4 is 64.9 Å². The lowest BCUT2D eigenvalue weighted by atomic mass is 9.54. The number of phenolic OH excluding ortho intramolecular Hbond substituents is 3. The summed E-state index contributed by atoms with van der Waals surface area (Å²) in [7, 11) is 1.50. The fraction of sp³-hybridized carbons (Fsp3) is 0.500. The van der Waals surface area contributed by atoms with Crippen LogP contribution in [0.1, 0.15) is 162 Å². The van der Waals surface area contributed by atoms with Crippen LogP contribution in [0.5, 0.6) is 46.0 Å². The summed E-state index contributed by atoms with van der Waals surface area (Å²) in [6.07, 6.45) is -5.64. The van der Waals surface area contributed by atoms with Crippen LogP contribution in [0.2, 0.25) is 5.02 Å². The third kappa shape index (κ3) is 17.7. The number of nitrogens with two attached hydrogens (primary N) is 1. The first kappa shape index (κ1) is 80.6. The number of imide groups is 1. The molecule has 0 spiro atoms. The summed E-state index contributed by atoms with van der Waals surface area (Å²) in [4.78, 5) is 136. The van der Waals surface area contributed by atoms with E-state index in [0.29, 0.717) is 18.3 Å². The van der Waals surface area contributed by atoms with E-state index in [4.69, 9.17) is 36.3 Å². The van der Waals surface area contributed by atoms with Crippen LogP contribution in [0.25, 0.3) is 11.1 Å². The van der Waals surface area contributed by atoms with Crippen molar-refractivity contribution in [1.29, 1.82) is 0 Å². The highest BCUT2D eigenvalue weighted by molar-refractivity contribution is 6.32. The topological polar surface area (TPSA) is 499 Å². The molecule has 10 aliphatic rings. The molecule has 15 rings (SSSR count).